The average molecular weight is 179 g/mol. The van der Waals surface area contributed by atoms with Crippen LogP contribution in [0, 0.1) is 0 Å². The topological polar surface area (TPSA) is 15.3 Å². The highest BCUT2D eigenvalue weighted by molar-refractivity contribution is 5.85. The largest absolute Gasteiger partial charge is 0.314 e. The van der Waals surface area contributed by atoms with Crippen molar-refractivity contribution >= 4 is 12.4 Å². The van der Waals surface area contributed by atoms with Crippen LogP contribution in [0.1, 0.15) is 20.3 Å². The van der Waals surface area contributed by atoms with Crippen LogP contribution in [0.3, 0.4) is 0 Å². The highest BCUT2D eigenvalue weighted by Crippen LogP contribution is 2.05. The van der Waals surface area contributed by atoms with Gasteiger partial charge in [-0.3, -0.25) is 4.90 Å². The number of hydrogen-bond donors (Lipinski definition) is 1. The fourth-order valence-electron chi connectivity index (χ4n) is 1.62. The highest BCUT2D eigenvalue weighted by Gasteiger charge is 2.17. The number of halogens is 1. The predicted octanol–water partition coefficient (Wildman–Crippen LogP) is 1.11. The molecular weight excluding hydrogens is 160 g/mol. The van der Waals surface area contributed by atoms with Gasteiger partial charge in [-0.05, 0) is 13.0 Å². The first-order valence-electron chi connectivity index (χ1n) is 4.33. The second-order valence-electron chi connectivity index (χ2n) is 2.89. The molecule has 0 aliphatic carbocycles. The third-order valence-electron chi connectivity index (χ3n) is 2.35. The molecule has 0 amide bonds. The van der Waals surface area contributed by atoms with Crippen molar-refractivity contribution in [3.05, 3.63) is 0 Å². The summed E-state index contributed by atoms with van der Waals surface area (Å²) in [4.78, 5) is 2.55. The lowest BCUT2D eigenvalue weighted by Crippen LogP contribution is -2.50. The van der Waals surface area contributed by atoms with E-state index in [9.17, 15) is 0 Å². The molecule has 1 unspecified atom stereocenters. The number of piperazine rings is 1. The molecule has 1 heterocycles. The molecule has 0 spiro atoms. The van der Waals surface area contributed by atoms with E-state index in [2.05, 4.69) is 24.1 Å². The van der Waals surface area contributed by atoms with Crippen LogP contribution in [0.15, 0.2) is 0 Å². The summed E-state index contributed by atoms with van der Waals surface area (Å²) in [5, 5.41) is 3.41. The summed E-state index contributed by atoms with van der Waals surface area (Å²) >= 11 is 0. The average Bonchev–Trinajstić information content (AvgIpc) is 2.04. The summed E-state index contributed by atoms with van der Waals surface area (Å²) < 4.78 is 0. The van der Waals surface area contributed by atoms with Gasteiger partial charge in [-0.15, -0.1) is 12.4 Å². The van der Waals surface area contributed by atoms with Crippen LogP contribution < -0.4 is 5.32 Å². The molecule has 0 radical (unpaired) electrons. The Morgan fingerprint density at radius 2 is 2.18 bits per heavy atom. The molecule has 68 valence electrons. The van der Waals surface area contributed by atoms with Crippen molar-refractivity contribution in [3.63, 3.8) is 0 Å². The quantitative estimate of drug-likeness (QED) is 0.682. The molecule has 2 nitrogen and oxygen atoms in total. The Kier molecular flexibility index (Phi) is 5.92. The first-order chi connectivity index (χ1) is 4.88. The minimum absolute atomic E-state index is 0. The Labute approximate surface area is 75.8 Å². The molecule has 0 aromatic heterocycles. The van der Waals surface area contributed by atoms with Gasteiger partial charge in [0.2, 0.25) is 0 Å². The SMILES string of the molecule is CCC1CNCCN1CC.Cl. The third kappa shape index (κ3) is 2.97. The Bertz CT molecular complexity index is 86.1. The zero-order valence-corrected chi connectivity index (χ0v) is 8.28. The second-order valence-corrected chi connectivity index (χ2v) is 2.89. The van der Waals surface area contributed by atoms with E-state index in [-0.39, 0.29) is 12.4 Å². The maximum atomic E-state index is 3.41. The van der Waals surface area contributed by atoms with Gasteiger partial charge in [0, 0.05) is 25.7 Å². The molecule has 0 aromatic rings. The zero-order chi connectivity index (χ0) is 7.40. The van der Waals surface area contributed by atoms with E-state index in [1.54, 1.807) is 0 Å². The van der Waals surface area contributed by atoms with Crippen molar-refractivity contribution in [2.45, 2.75) is 26.3 Å². The monoisotopic (exact) mass is 178 g/mol. The van der Waals surface area contributed by atoms with Gasteiger partial charge in [0.05, 0.1) is 0 Å². The first-order valence-corrected chi connectivity index (χ1v) is 4.33. The molecule has 0 saturated carbocycles. The Morgan fingerprint density at radius 3 is 2.64 bits per heavy atom. The van der Waals surface area contributed by atoms with Crippen LogP contribution in [0.2, 0.25) is 0 Å². The van der Waals surface area contributed by atoms with E-state index < -0.39 is 0 Å². The van der Waals surface area contributed by atoms with E-state index in [4.69, 9.17) is 0 Å². The number of hydrogen-bond acceptors (Lipinski definition) is 2. The van der Waals surface area contributed by atoms with E-state index in [0.29, 0.717) is 0 Å². The Morgan fingerprint density at radius 1 is 1.45 bits per heavy atom. The van der Waals surface area contributed by atoms with Crippen molar-refractivity contribution in [1.82, 2.24) is 10.2 Å². The maximum Gasteiger partial charge on any atom is 0.0218 e. The normalized spacial score (nSPS) is 26.2. The molecule has 0 bridgehead atoms. The zero-order valence-electron chi connectivity index (χ0n) is 7.47. The minimum atomic E-state index is 0. The summed E-state index contributed by atoms with van der Waals surface area (Å²) in [6.07, 6.45) is 1.28. The van der Waals surface area contributed by atoms with Gasteiger partial charge in [0.25, 0.3) is 0 Å². The minimum Gasteiger partial charge on any atom is -0.314 e. The summed E-state index contributed by atoms with van der Waals surface area (Å²) in [7, 11) is 0. The van der Waals surface area contributed by atoms with Crippen LogP contribution in [-0.4, -0.2) is 37.1 Å². The molecule has 11 heavy (non-hydrogen) atoms. The fourth-order valence-corrected chi connectivity index (χ4v) is 1.62. The van der Waals surface area contributed by atoms with Crippen LogP contribution in [0.5, 0.6) is 0 Å². The van der Waals surface area contributed by atoms with Crippen molar-refractivity contribution in [2.24, 2.45) is 0 Å². The number of likely N-dealkylation sites (N-methyl/N-ethyl adjacent to an activating group) is 1. The molecule has 1 fully saturated rings. The molecule has 1 aliphatic rings. The van der Waals surface area contributed by atoms with Gasteiger partial charge in [0.1, 0.15) is 0 Å². The molecule has 1 N–H and O–H groups in total. The van der Waals surface area contributed by atoms with Crippen molar-refractivity contribution in [1.29, 1.82) is 0 Å². The van der Waals surface area contributed by atoms with Crippen LogP contribution >= 0.6 is 12.4 Å². The Hall–Kier alpha value is 0.210. The number of rotatable bonds is 2. The Balaban J connectivity index is 0.000001000. The van der Waals surface area contributed by atoms with E-state index in [1.165, 1.54) is 32.6 Å². The molecule has 1 saturated heterocycles. The molecule has 0 aromatic carbocycles. The molecule has 1 rings (SSSR count). The van der Waals surface area contributed by atoms with Crippen molar-refractivity contribution in [2.75, 3.05) is 26.2 Å². The molecule has 1 atom stereocenters. The lowest BCUT2D eigenvalue weighted by Gasteiger charge is -2.34. The van der Waals surface area contributed by atoms with Gasteiger partial charge in [-0.1, -0.05) is 13.8 Å². The molecule has 1 aliphatic heterocycles. The van der Waals surface area contributed by atoms with Gasteiger partial charge in [-0.2, -0.15) is 0 Å². The van der Waals surface area contributed by atoms with Crippen molar-refractivity contribution in [3.8, 4) is 0 Å². The van der Waals surface area contributed by atoms with Crippen molar-refractivity contribution < 1.29 is 0 Å². The highest BCUT2D eigenvalue weighted by atomic mass is 35.5. The molecular formula is C8H19ClN2. The summed E-state index contributed by atoms with van der Waals surface area (Å²) in [5.74, 6) is 0. The maximum absolute atomic E-state index is 3.41. The van der Waals surface area contributed by atoms with Gasteiger partial charge in [0.15, 0.2) is 0 Å². The predicted molar refractivity (Wildman–Crippen MR) is 51.4 cm³/mol. The van der Waals surface area contributed by atoms with Gasteiger partial charge < -0.3 is 5.32 Å². The third-order valence-corrected chi connectivity index (χ3v) is 2.35. The number of nitrogens with zero attached hydrogens (tertiary/aromatic N) is 1. The van der Waals surface area contributed by atoms with Gasteiger partial charge in [-0.25, -0.2) is 0 Å². The smallest absolute Gasteiger partial charge is 0.0218 e. The summed E-state index contributed by atoms with van der Waals surface area (Å²) in [6.45, 7) is 9.30. The summed E-state index contributed by atoms with van der Waals surface area (Å²) in [6, 6.07) is 0.791. The molecule has 3 heteroatoms. The second kappa shape index (κ2) is 5.81. The number of nitrogens with one attached hydrogen (secondary N) is 1. The standard InChI is InChI=1S/C8H18N2.ClH/c1-3-8-7-9-5-6-10(8)4-2;/h8-9H,3-7H2,1-2H3;1H. The fraction of sp³-hybridized carbons (Fsp3) is 1.00. The summed E-state index contributed by atoms with van der Waals surface area (Å²) in [5.41, 5.74) is 0. The van der Waals surface area contributed by atoms with Crippen LogP contribution in [0.4, 0.5) is 0 Å². The van der Waals surface area contributed by atoms with E-state index in [0.717, 1.165) is 6.04 Å². The van der Waals surface area contributed by atoms with E-state index in [1.807, 2.05) is 0 Å². The lowest BCUT2D eigenvalue weighted by atomic mass is 10.1. The lowest BCUT2D eigenvalue weighted by molar-refractivity contribution is 0.165. The van der Waals surface area contributed by atoms with Gasteiger partial charge >= 0.3 is 0 Å². The van der Waals surface area contributed by atoms with Crippen LogP contribution in [0.25, 0.3) is 0 Å². The first kappa shape index (κ1) is 11.2. The van der Waals surface area contributed by atoms with E-state index >= 15 is 0 Å². The van der Waals surface area contributed by atoms with Crippen LogP contribution in [-0.2, 0) is 0 Å².